The number of benzene rings is 1. The van der Waals surface area contributed by atoms with Crippen molar-refractivity contribution in [3.63, 3.8) is 0 Å². The first kappa shape index (κ1) is 17.6. The zero-order valence-corrected chi connectivity index (χ0v) is 15.2. The second-order valence-corrected chi connectivity index (χ2v) is 7.33. The van der Waals surface area contributed by atoms with Crippen LogP contribution in [0.5, 0.6) is 0 Å². The summed E-state index contributed by atoms with van der Waals surface area (Å²) in [6, 6.07) is 8.78. The highest BCUT2D eigenvalue weighted by Gasteiger charge is 2.26. The van der Waals surface area contributed by atoms with Gasteiger partial charge in [-0.2, -0.15) is 0 Å². The molecule has 1 aromatic carbocycles. The van der Waals surface area contributed by atoms with Gasteiger partial charge < -0.3 is 10.4 Å². The number of aliphatic carboxylic acids is 1. The summed E-state index contributed by atoms with van der Waals surface area (Å²) < 4.78 is 1.04. The van der Waals surface area contributed by atoms with Crippen LogP contribution in [0.3, 0.4) is 0 Å². The number of halogens is 1. The summed E-state index contributed by atoms with van der Waals surface area (Å²) in [5, 5.41) is 12.0. The second kappa shape index (κ2) is 7.78. The van der Waals surface area contributed by atoms with Crippen LogP contribution < -0.4 is 5.32 Å². The number of aromatic nitrogens is 1. The summed E-state index contributed by atoms with van der Waals surface area (Å²) in [6.45, 7) is 0. The lowest BCUT2D eigenvalue weighted by Gasteiger charge is -2.16. The Balaban J connectivity index is 1.57. The highest BCUT2D eigenvalue weighted by Crippen LogP contribution is 2.30. The predicted molar refractivity (Wildman–Crippen MR) is 97.2 cm³/mol. The first-order chi connectivity index (χ1) is 12.0. The minimum Gasteiger partial charge on any atom is -0.480 e. The molecule has 0 saturated heterocycles. The lowest BCUT2D eigenvalue weighted by molar-refractivity contribution is -0.141. The van der Waals surface area contributed by atoms with Crippen molar-refractivity contribution in [3.05, 3.63) is 63.9 Å². The van der Waals surface area contributed by atoms with Gasteiger partial charge in [0.1, 0.15) is 6.04 Å². The lowest BCUT2D eigenvalue weighted by atomic mass is 10.0. The smallest absolute Gasteiger partial charge is 0.326 e. The predicted octanol–water partition coefficient (Wildman–Crippen LogP) is 2.76. The molecule has 0 aliphatic heterocycles. The number of nitrogens with zero attached hydrogens (tertiary/aromatic N) is 1. The molecule has 1 heterocycles. The molecule has 1 aromatic heterocycles. The van der Waals surface area contributed by atoms with E-state index in [9.17, 15) is 14.7 Å². The van der Waals surface area contributed by atoms with Crippen LogP contribution in [-0.2, 0) is 28.9 Å². The molecule has 1 amide bonds. The van der Waals surface area contributed by atoms with Crippen molar-refractivity contribution in [1.29, 1.82) is 0 Å². The molecule has 5 nitrogen and oxygen atoms in total. The highest BCUT2D eigenvalue weighted by atomic mass is 79.9. The van der Waals surface area contributed by atoms with Crippen molar-refractivity contribution < 1.29 is 14.7 Å². The van der Waals surface area contributed by atoms with Crippen LogP contribution in [0.25, 0.3) is 0 Å². The van der Waals surface area contributed by atoms with Crippen LogP contribution in [0.15, 0.2) is 47.2 Å². The summed E-state index contributed by atoms with van der Waals surface area (Å²) in [7, 11) is 0. The van der Waals surface area contributed by atoms with E-state index in [1.165, 1.54) is 11.1 Å². The number of fused-ring (bicyclic) bond motifs is 1. The number of amides is 1. The molecule has 0 bridgehead atoms. The SMILES string of the molecule is O=C(CC1Cc2ccc(Br)cc2C1)NC(Cc1ccncc1)C(=O)O. The Labute approximate surface area is 154 Å². The average Bonchev–Trinajstić information content (AvgIpc) is 2.96. The maximum absolute atomic E-state index is 12.3. The van der Waals surface area contributed by atoms with Crippen molar-refractivity contribution in [2.75, 3.05) is 0 Å². The van der Waals surface area contributed by atoms with Crippen molar-refractivity contribution in [2.24, 2.45) is 5.92 Å². The molecule has 0 spiro atoms. The van der Waals surface area contributed by atoms with E-state index in [1.807, 2.05) is 6.07 Å². The monoisotopic (exact) mass is 402 g/mol. The lowest BCUT2D eigenvalue weighted by Crippen LogP contribution is -2.42. The van der Waals surface area contributed by atoms with Gasteiger partial charge >= 0.3 is 5.97 Å². The molecule has 6 heteroatoms. The third kappa shape index (κ3) is 4.66. The Bertz CT molecular complexity index is 779. The Hall–Kier alpha value is -2.21. The summed E-state index contributed by atoms with van der Waals surface area (Å²) in [5.41, 5.74) is 3.37. The first-order valence-electron chi connectivity index (χ1n) is 8.19. The van der Waals surface area contributed by atoms with Crippen LogP contribution in [0, 0.1) is 5.92 Å². The van der Waals surface area contributed by atoms with Gasteiger partial charge in [-0.1, -0.05) is 22.0 Å². The fraction of sp³-hybridized carbons (Fsp3) is 0.316. The van der Waals surface area contributed by atoms with Gasteiger partial charge in [0.2, 0.25) is 5.91 Å². The van der Waals surface area contributed by atoms with Gasteiger partial charge in [-0.05, 0) is 59.7 Å². The van der Waals surface area contributed by atoms with Gasteiger partial charge in [-0.3, -0.25) is 9.78 Å². The molecular weight excluding hydrogens is 384 g/mol. The number of carboxylic acids is 1. The average molecular weight is 403 g/mol. The number of carbonyl (C=O) groups is 2. The standard InChI is InChI=1S/C19H19BrN2O3/c20-16-2-1-14-7-13(8-15(14)11-16)10-18(23)22-17(19(24)25)9-12-3-5-21-6-4-12/h1-6,11,13,17H,7-10H2,(H,22,23)(H,24,25). The first-order valence-corrected chi connectivity index (χ1v) is 8.99. The van der Waals surface area contributed by atoms with E-state index in [4.69, 9.17) is 0 Å². The fourth-order valence-electron chi connectivity index (χ4n) is 3.29. The minimum absolute atomic E-state index is 0.210. The summed E-state index contributed by atoms with van der Waals surface area (Å²) in [4.78, 5) is 27.7. The molecule has 2 N–H and O–H groups in total. The van der Waals surface area contributed by atoms with Gasteiger partial charge in [-0.25, -0.2) is 4.79 Å². The number of nitrogens with one attached hydrogen (secondary N) is 1. The van der Waals surface area contributed by atoms with Gasteiger partial charge in [0, 0.05) is 29.7 Å². The normalized spacial score (nSPS) is 16.9. The van der Waals surface area contributed by atoms with Crippen molar-refractivity contribution >= 4 is 27.8 Å². The summed E-state index contributed by atoms with van der Waals surface area (Å²) in [5.74, 6) is -1.01. The number of carbonyl (C=O) groups excluding carboxylic acids is 1. The number of rotatable bonds is 6. The molecule has 3 rings (SSSR count). The van der Waals surface area contributed by atoms with E-state index in [1.54, 1.807) is 24.5 Å². The summed E-state index contributed by atoms with van der Waals surface area (Å²) >= 11 is 3.47. The van der Waals surface area contributed by atoms with E-state index in [0.717, 1.165) is 22.9 Å². The van der Waals surface area contributed by atoms with Crippen LogP contribution in [0.1, 0.15) is 23.1 Å². The molecule has 1 aliphatic carbocycles. The molecular formula is C19H19BrN2O3. The van der Waals surface area contributed by atoms with E-state index >= 15 is 0 Å². The maximum Gasteiger partial charge on any atom is 0.326 e. The molecule has 0 saturated carbocycles. The number of hydrogen-bond donors (Lipinski definition) is 2. The van der Waals surface area contributed by atoms with Gasteiger partial charge in [0.15, 0.2) is 0 Å². The Morgan fingerprint density at radius 1 is 1.20 bits per heavy atom. The maximum atomic E-state index is 12.3. The van der Waals surface area contributed by atoms with Crippen LogP contribution >= 0.6 is 15.9 Å². The zero-order valence-electron chi connectivity index (χ0n) is 13.6. The van der Waals surface area contributed by atoms with Gasteiger partial charge in [-0.15, -0.1) is 0 Å². The van der Waals surface area contributed by atoms with E-state index in [-0.39, 0.29) is 18.2 Å². The van der Waals surface area contributed by atoms with Gasteiger partial charge in [0.25, 0.3) is 0 Å². The van der Waals surface area contributed by atoms with Crippen LogP contribution in [0.4, 0.5) is 0 Å². The largest absolute Gasteiger partial charge is 0.480 e. The third-order valence-electron chi connectivity index (χ3n) is 4.48. The van der Waals surface area contributed by atoms with Crippen LogP contribution in [-0.4, -0.2) is 28.0 Å². The van der Waals surface area contributed by atoms with Crippen LogP contribution in [0.2, 0.25) is 0 Å². The Morgan fingerprint density at radius 3 is 2.64 bits per heavy atom. The molecule has 2 aromatic rings. The second-order valence-electron chi connectivity index (χ2n) is 6.41. The topological polar surface area (TPSA) is 79.3 Å². The van der Waals surface area contributed by atoms with Gasteiger partial charge in [0.05, 0.1) is 0 Å². The quantitative estimate of drug-likeness (QED) is 0.778. The molecule has 0 fully saturated rings. The highest BCUT2D eigenvalue weighted by molar-refractivity contribution is 9.10. The van der Waals surface area contributed by atoms with E-state index < -0.39 is 12.0 Å². The third-order valence-corrected chi connectivity index (χ3v) is 4.98. The van der Waals surface area contributed by atoms with E-state index in [0.29, 0.717) is 6.42 Å². The Morgan fingerprint density at radius 2 is 1.92 bits per heavy atom. The number of carboxylic acid groups (broad SMARTS) is 1. The van der Waals surface area contributed by atoms with E-state index in [2.05, 4.69) is 38.4 Å². The molecule has 1 aliphatic rings. The molecule has 130 valence electrons. The Kier molecular flexibility index (Phi) is 5.48. The fourth-order valence-corrected chi connectivity index (χ4v) is 3.70. The van der Waals surface area contributed by atoms with Crippen molar-refractivity contribution in [2.45, 2.75) is 31.7 Å². The minimum atomic E-state index is -1.02. The molecule has 2 unspecified atom stereocenters. The molecule has 2 atom stereocenters. The van der Waals surface area contributed by atoms with Crippen molar-refractivity contribution in [3.8, 4) is 0 Å². The zero-order chi connectivity index (χ0) is 17.8. The number of hydrogen-bond acceptors (Lipinski definition) is 3. The molecule has 25 heavy (non-hydrogen) atoms. The molecule has 0 radical (unpaired) electrons. The number of pyridine rings is 1. The van der Waals surface area contributed by atoms with Crippen molar-refractivity contribution in [1.82, 2.24) is 10.3 Å². The summed E-state index contributed by atoms with van der Waals surface area (Å²) in [6.07, 6.45) is 5.53.